The maximum Gasteiger partial charge on any atom is 0.344 e. The average Bonchev–Trinajstić information content (AvgIpc) is 2.80. The SMILES string of the molecule is CCOc1cc(C=Nn2c([C@@H](C)CC)nc3ccc(Br)cc3c2=O)cc(Br)c1O[C@@H](C)C(=O)O. The number of benzene rings is 2. The number of hydrogen-bond acceptors (Lipinski definition) is 6. The van der Waals surface area contributed by atoms with Crippen molar-refractivity contribution in [1.82, 2.24) is 9.66 Å². The molecule has 0 amide bonds. The molecule has 0 saturated heterocycles. The molecule has 0 unspecified atom stereocenters. The number of nitrogens with zero attached hydrogens (tertiary/aromatic N) is 3. The molecule has 3 rings (SSSR count). The van der Waals surface area contributed by atoms with Gasteiger partial charge >= 0.3 is 5.97 Å². The van der Waals surface area contributed by atoms with E-state index in [0.29, 0.717) is 39.1 Å². The summed E-state index contributed by atoms with van der Waals surface area (Å²) in [6.45, 7) is 7.63. The summed E-state index contributed by atoms with van der Waals surface area (Å²) in [7, 11) is 0. The number of halogens is 2. The number of carbonyl (C=O) groups is 1. The zero-order valence-corrected chi connectivity index (χ0v) is 22.4. The van der Waals surface area contributed by atoms with Crippen LogP contribution in [0.3, 0.4) is 0 Å². The second kappa shape index (κ2) is 11.1. The van der Waals surface area contributed by atoms with Crippen molar-refractivity contribution in [3.8, 4) is 11.5 Å². The standard InChI is InChI=1S/C24H25Br2N3O5/c1-5-13(3)22-28-19-8-7-16(25)11-17(19)23(30)29(22)27-12-15-9-18(26)21(20(10-15)33-6-2)34-14(4)24(31)32/h7-14H,5-6H2,1-4H3,(H,31,32)/t13-,14-/m0/s1. The third-order valence-electron chi connectivity index (χ3n) is 5.18. The summed E-state index contributed by atoms with van der Waals surface area (Å²) in [5.41, 5.74) is 0.976. The third-order valence-corrected chi connectivity index (χ3v) is 6.27. The molecule has 10 heteroatoms. The number of rotatable bonds is 9. The maximum atomic E-state index is 13.3. The molecule has 2 atom stereocenters. The van der Waals surface area contributed by atoms with Crippen LogP contribution in [0.4, 0.5) is 0 Å². The van der Waals surface area contributed by atoms with Crippen molar-refractivity contribution in [2.45, 2.75) is 46.1 Å². The lowest BCUT2D eigenvalue weighted by atomic mass is 10.1. The van der Waals surface area contributed by atoms with Crippen molar-refractivity contribution in [3.63, 3.8) is 0 Å². The van der Waals surface area contributed by atoms with Crippen LogP contribution in [0.15, 0.2) is 49.2 Å². The van der Waals surface area contributed by atoms with E-state index in [1.54, 1.807) is 18.2 Å². The van der Waals surface area contributed by atoms with Gasteiger partial charge in [0, 0.05) is 10.4 Å². The van der Waals surface area contributed by atoms with Gasteiger partial charge in [-0.3, -0.25) is 4.79 Å². The lowest BCUT2D eigenvalue weighted by Gasteiger charge is -2.17. The second-order valence-corrected chi connectivity index (χ2v) is 9.43. The number of carboxylic acids is 1. The molecule has 34 heavy (non-hydrogen) atoms. The highest BCUT2D eigenvalue weighted by atomic mass is 79.9. The Morgan fingerprint density at radius 1 is 1.24 bits per heavy atom. The van der Waals surface area contributed by atoms with Crippen molar-refractivity contribution >= 4 is 54.9 Å². The molecule has 3 aromatic rings. The fraction of sp³-hybridized carbons (Fsp3) is 0.333. The number of ether oxygens (including phenoxy) is 2. The van der Waals surface area contributed by atoms with Crippen molar-refractivity contribution in [1.29, 1.82) is 0 Å². The molecule has 1 N–H and O–H groups in total. The van der Waals surface area contributed by atoms with Gasteiger partial charge in [-0.05, 0) is 72.1 Å². The largest absolute Gasteiger partial charge is 0.490 e. The molecule has 1 heterocycles. The van der Waals surface area contributed by atoms with Crippen molar-refractivity contribution in [2.24, 2.45) is 5.10 Å². The molecular formula is C24H25Br2N3O5. The Hall–Kier alpha value is -2.72. The molecule has 1 aromatic heterocycles. The molecule has 0 aliphatic carbocycles. The lowest BCUT2D eigenvalue weighted by molar-refractivity contribution is -0.144. The third kappa shape index (κ3) is 5.67. The first-order valence-electron chi connectivity index (χ1n) is 10.8. The predicted octanol–water partition coefficient (Wildman–Crippen LogP) is 5.57. The van der Waals surface area contributed by atoms with Gasteiger partial charge in [0.05, 0.1) is 28.2 Å². The summed E-state index contributed by atoms with van der Waals surface area (Å²) < 4.78 is 13.8. The molecule has 0 aliphatic heterocycles. The lowest BCUT2D eigenvalue weighted by Crippen LogP contribution is -2.24. The van der Waals surface area contributed by atoms with E-state index in [9.17, 15) is 14.7 Å². The van der Waals surface area contributed by atoms with E-state index in [1.165, 1.54) is 17.8 Å². The molecule has 8 nitrogen and oxygen atoms in total. The number of aliphatic carboxylic acids is 1. The van der Waals surface area contributed by atoms with Gasteiger partial charge in [-0.2, -0.15) is 9.78 Å². The molecule has 180 valence electrons. The first-order chi connectivity index (χ1) is 16.2. The fourth-order valence-electron chi connectivity index (χ4n) is 3.17. The van der Waals surface area contributed by atoms with Crippen LogP contribution in [0.5, 0.6) is 11.5 Å². The van der Waals surface area contributed by atoms with E-state index in [4.69, 9.17) is 14.5 Å². The van der Waals surface area contributed by atoms with Crippen molar-refractivity contribution < 1.29 is 19.4 Å². The van der Waals surface area contributed by atoms with Gasteiger partial charge in [-0.15, -0.1) is 0 Å². The summed E-state index contributed by atoms with van der Waals surface area (Å²) in [5.74, 6) is 0.132. The molecule has 0 radical (unpaired) electrons. The minimum absolute atomic E-state index is 0.0110. The monoisotopic (exact) mass is 593 g/mol. The highest BCUT2D eigenvalue weighted by Gasteiger charge is 2.20. The summed E-state index contributed by atoms with van der Waals surface area (Å²) in [5, 5.41) is 14.1. The van der Waals surface area contributed by atoms with Gasteiger partial charge in [0.2, 0.25) is 0 Å². The highest BCUT2D eigenvalue weighted by Crippen LogP contribution is 2.37. The van der Waals surface area contributed by atoms with E-state index in [2.05, 4.69) is 37.0 Å². The van der Waals surface area contributed by atoms with E-state index in [-0.39, 0.29) is 17.2 Å². The molecule has 2 aromatic carbocycles. The number of fused-ring (bicyclic) bond motifs is 1. The summed E-state index contributed by atoms with van der Waals surface area (Å²) in [6, 6.07) is 8.79. The minimum atomic E-state index is -1.09. The van der Waals surface area contributed by atoms with Gasteiger partial charge < -0.3 is 14.6 Å². The Balaban J connectivity index is 2.11. The smallest absolute Gasteiger partial charge is 0.344 e. The van der Waals surface area contributed by atoms with E-state index < -0.39 is 12.1 Å². The molecule has 0 aliphatic rings. The Labute approximate surface area is 213 Å². The molecule has 0 spiro atoms. The quantitative estimate of drug-likeness (QED) is 0.325. The topological polar surface area (TPSA) is 103 Å². The zero-order chi connectivity index (χ0) is 25.0. The van der Waals surface area contributed by atoms with E-state index >= 15 is 0 Å². The first kappa shape index (κ1) is 25.9. The second-order valence-electron chi connectivity index (χ2n) is 7.66. The normalized spacial score (nSPS) is 13.2. The number of hydrogen-bond donors (Lipinski definition) is 1. The summed E-state index contributed by atoms with van der Waals surface area (Å²) >= 11 is 6.84. The van der Waals surface area contributed by atoms with E-state index in [1.807, 2.05) is 32.9 Å². The van der Waals surface area contributed by atoms with Crippen LogP contribution in [0.25, 0.3) is 10.9 Å². The first-order valence-corrected chi connectivity index (χ1v) is 12.4. The Morgan fingerprint density at radius 2 is 1.97 bits per heavy atom. The van der Waals surface area contributed by atoms with Crippen LogP contribution in [-0.4, -0.2) is 39.7 Å². The average molecular weight is 595 g/mol. The zero-order valence-electron chi connectivity index (χ0n) is 19.2. The minimum Gasteiger partial charge on any atom is -0.490 e. The van der Waals surface area contributed by atoms with Gasteiger partial charge in [0.1, 0.15) is 5.82 Å². The van der Waals surface area contributed by atoms with Crippen LogP contribution in [0.2, 0.25) is 0 Å². The predicted molar refractivity (Wildman–Crippen MR) is 138 cm³/mol. The summed E-state index contributed by atoms with van der Waals surface area (Å²) in [4.78, 5) is 29.2. The number of aromatic nitrogens is 2. The maximum absolute atomic E-state index is 13.3. The van der Waals surface area contributed by atoms with Gasteiger partial charge in [0.15, 0.2) is 17.6 Å². The Kier molecular flexibility index (Phi) is 8.48. The Bertz CT molecular complexity index is 1310. The highest BCUT2D eigenvalue weighted by molar-refractivity contribution is 9.10. The fourth-order valence-corrected chi connectivity index (χ4v) is 4.08. The van der Waals surface area contributed by atoms with Crippen LogP contribution in [0, 0.1) is 0 Å². The van der Waals surface area contributed by atoms with Gasteiger partial charge in [0.25, 0.3) is 5.56 Å². The van der Waals surface area contributed by atoms with Crippen molar-refractivity contribution in [3.05, 3.63) is 61.0 Å². The van der Waals surface area contributed by atoms with Crippen LogP contribution in [-0.2, 0) is 4.79 Å². The summed E-state index contributed by atoms with van der Waals surface area (Å²) in [6.07, 6.45) is 1.27. The van der Waals surface area contributed by atoms with Gasteiger partial charge in [-0.1, -0.05) is 29.8 Å². The van der Waals surface area contributed by atoms with Gasteiger partial charge in [-0.25, -0.2) is 9.78 Å². The van der Waals surface area contributed by atoms with Crippen LogP contribution >= 0.6 is 31.9 Å². The van der Waals surface area contributed by atoms with Crippen LogP contribution in [0.1, 0.15) is 51.4 Å². The van der Waals surface area contributed by atoms with E-state index in [0.717, 1.165) is 10.9 Å². The molecule has 0 bridgehead atoms. The molecule has 0 fully saturated rings. The van der Waals surface area contributed by atoms with Crippen molar-refractivity contribution in [2.75, 3.05) is 6.61 Å². The number of carboxylic acid groups (broad SMARTS) is 1. The molecule has 0 saturated carbocycles. The van der Waals surface area contributed by atoms with Crippen LogP contribution < -0.4 is 15.0 Å². The molecular weight excluding hydrogens is 570 g/mol. The Morgan fingerprint density at radius 3 is 2.62 bits per heavy atom.